The smallest absolute Gasteiger partial charge is 0.258 e. The van der Waals surface area contributed by atoms with Crippen LogP contribution in [-0.2, 0) is 0 Å². The molecule has 0 saturated heterocycles. The van der Waals surface area contributed by atoms with E-state index < -0.39 is 4.92 Å². The summed E-state index contributed by atoms with van der Waals surface area (Å²) in [5, 5.41) is 17.0. The van der Waals surface area contributed by atoms with E-state index in [0.29, 0.717) is 0 Å². The topological polar surface area (TPSA) is 43.1 Å². The molecule has 1 heterocycles. The molecule has 0 aliphatic rings. The first kappa shape index (κ1) is 7.24. The molecule has 1 aromatic heterocycles. The lowest BCUT2D eigenvalue weighted by molar-refractivity contribution is -0.384. The van der Waals surface area contributed by atoms with Gasteiger partial charge in [0.2, 0.25) is 0 Å². The van der Waals surface area contributed by atoms with Gasteiger partial charge in [0.05, 0.1) is 10.3 Å². The molecule has 0 N–H and O–H groups in total. The molecule has 1 aromatic carbocycles. The Morgan fingerprint density at radius 1 is 1.50 bits per heavy atom. The number of nitro groups is 1. The molecule has 4 heteroatoms. The maximum absolute atomic E-state index is 10.4. The number of fused-ring (bicyclic) bond motifs is 1. The Labute approximate surface area is 72.4 Å². The van der Waals surface area contributed by atoms with Gasteiger partial charge in [0, 0.05) is 17.5 Å². The van der Waals surface area contributed by atoms with Crippen LogP contribution in [0, 0.1) is 15.5 Å². The van der Waals surface area contributed by atoms with Crippen LogP contribution >= 0.6 is 11.3 Å². The van der Waals surface area contributed by atoms with Crippen LogP contribution in [0.5, 0.6) is 0 Å². The van der Waals surface area contributed by atoms with Crippen molar-refractivity contribution >= 4 is 27.8 Å². The molecule has 3 nitrogen and oxygen atoms in total. The fraction of sp³-hybridized carbons (Fsp3) is 0. The van der Waals surface area contributed by atoms with Crippen LogP contribution in [-0.4, -0.2) is 4.92 Å². The zero-order valence-corrected chi connectivity index (χ0v) is 6.80. The quantitative estimate of drug-likeness (QED) is 0.497. The number of nitrogens with zero attached hydrogens (tertiary/aromatic N) is 1. The number of benzene rings is 1. The van der Waals surface area contributed by atoms with E-state index in [-0.39, 0.29) is 5.69 Å². The number of nitro benzene ring substituents is 1. The van der Waals surface area contributed by atoms with Gasteiger partial charge in [-0.15, -0.1) is 11.3 Å². The minimum Gasteiger partial charge on any atom is -0.258 e. The second-order valence-electron chi connectivity index (χ2n) is 2.37. The van der Waals surface area contributed by atoms with Gasteiger partial charge in [0.25, 0.3) is 5.69 Å². The summed E-state index contributed by atoms with van der Waals surface area (Å²) in [4.78, 5) is 9.97. The summed E-state index contributed by atoms with van der Waals surface area (Å²) in [5.41, 5.74) is 0.134. The van der Waals surface area contributed by atoms with E-state index in [1.54, 1.807) is 12.1 Å². The van der Waals surface area contributed by atoms with Crippen LogP contribution in [0.3, 0.4) is 0 Å². The van der Waals surface area contributed by atoms with Crippen LogP contribution in [0.15, 0.2) is 23.6 Å². The molecule has 2 aromatic rings. The summed E-state index contributed by atoms with van der Waals surface area (Å²) in [6.07, 6.45) is 0. The van der Waals surface area contributed by atoms with Crippen molar-refractivity contribution in [1.82, 2.24) is 0 Å². The molecular weight excluding hydrogens is 174 g/mol. The van der Waals surface area contributed by atoms with Crippen LogP contribution in [0.25, 0.3) is 10.8 Å². The molecule has 0 amide bonds. The lowest BCUT2D eigenvalue weighted by atomic mass is 10.2. The molecule has 1 radical (unpaired) electrons. The molecule has 0 spiro atoms. The van der Waals surface area contributed by atoms with Gasteiger partial charge in [-0.3, -0.25) is 10.1 Å². The third kappa shape index (κ3) is 1.06. The summed E-state index contributed by atoms with van der Waals surface area (Å²) in [7, 11) is 0. The van der Waals surface area contributed by atoms with Gasteiger partial charge in [0.15, 0.2) is 0 Å². The fourth-order valence-electron chi connectivity index (χ4n) is 1.01. The number of thiophene rings is 1. The van der Waals surface area contributed by atoms with Gasteiger partial charge in [-0.1, -0.05) is 0 Å². The normalized spacial score (nSPS) is 10.3. The van der Waals surface area contributed by atoms with E-state index in [1.807, 2.05) is 5.38 Å². The monoisotopic (exact) mass is 178 g/mol. The summed E-state index contributed by atoms with van der Waals surface area (Å²) >= 11 is 1.43. The van der Waals surface area contributed by atoms with Crippen molar-refractivity contribution < 1.29 is 4.92 Å². The van der Waals surface area contributed by atoms with Crippen LogP contribution in [0.1, 0.15) is 0 Å². The van der Waals surface area contributed by atoms with Gasteiger partial charge in [-0.2, -0.15) is 0 Å². The van der Waals surface area contributed by atoms with Gasteiger partial charge < -0.3 is 0 Å². The highest BCUT2D eigenvalue weighted by molar-refractivity contribution is 7.08. The van der Waals surface area contributed by atoms with E-state index in [4.69, 9.17) is 0 Å². The van der Waals surface area contributed by atoms with Crippen molar-refractivity contribution in [2.24, 2.45) is 0 Å². The molecule has 0 saturated carbocycles. The first-order valence-corrected chi connectivity index (χ1v) is 4.18. The minimum absolute atomic E-state index is 0.134. The number of hydrogen-bond donors (Lipinski definition) is 0. The summed E-state index contributed by atoms with van der Waals surface area (Å²) < 4.78 is 0. The lowest BCUT2D eigenvalue weighted by Gasteiger charge is -1.89. The molecule has 0 atom stereocenters. The van der Waals surface area contributed by atoms with Crippen molar-refractivity contribution in [2.75, 3.05) is 0 Å². The molecule has 0 aliphatic heterocycles. The van der Waals surface area contributed by atoms with Crippen LogP contribution in [0.4, 0.5) is 5.69 Å². The predicted molar refractivity (Wildman–Crippen MR) is 47.3 cm³/mol. The average molecular weight is 178 g/mol. The van der Waals surface area contributed by atoms with Gasteiger partial charge in [-0.05, 0) is 16.8 Å². The van der Waals surface area contributed by atoms with Crippen LogP contribution < -0.4 is 0 Å². The van der Waals surface area contributed by atoms with Crippen molar-refractivity contribution in [3.05, 3.63) is 39.1 Å². The van der Waals surface area contributed by atoms with E-state index in [2.05, 4.69) is 5.38 Å². The Morgan fingerprint density at radius 2 is 2.33 bits per heavy atom. The second kappa shape index (κ2) is 2.57. The average Bonchev–Trinajstić information content (AvgIpc) is 2.49. The van der Waals surface area contributed by atoms with Crippen molar-refractivity contribution in [1.29, 1.82) is 0 Å². The van der Waals surface area contributed by atoms with E-state index in [1.165, 1.54) is 17.4 Å². The minimum atomic E-state index is -0.392. The number of hydrogen-bond acceptors (Lipinski definition) is 3. The van der Waals surface area contributed by atoms with Crippen molar-refractivity contribution in [3.8, 4) is 0 Å². The zero-order chi connectivity index (χ0) is 8.55. The standard InChI is InChI=1S/C8H4NO2S/c10-9(11)8-2-1-6-4-12-5-7(6)3-8/h1-3,5H. The molecule has 0 aliphatic carbocycles. The Balaban J connectivity index is 2.68. The molecule has 0 unspecified atom stereocenters. The van der Waals surface area contributed by atoms with Gasteiger partial charge in [0.1, 0.15) is 0 Å². The SMILES string of the molecule is O=[N+]([O-])c1ccc2[c]scc2c1. The molecule has 59 valence electrons. The maximum atomic E-state index is 10.4. The van der Waals surface area contributed by atoms with E-state index in [9.17, 15) is 10.1 Å². The Bertz CT molecular complexity index is 435. The maximum Gasteiger partial charge on any atom is 0.270 e. The third-order valence-electron chi connectivity index (χ3n) is 1.60. The highest BCUT2D eigenvalue weighted by Gasteiger charge is 2.05. The summed E-state index contributed by atoms with van der Waals surface area (Å²) in [6, 6.07) is 4.76. The first-order chi connectivity index (χ1) is 5.77. The van der Waals surface area contributed by atoms with Gasteiger partial charge in [-0.25, -0.2) is 0 Å². The summed E-state index contributed by atoms with van der Waals surface area (Å²) in [5.74, 6) is 0. The molecular formula is C8H4NO2S. The highest BCUT2D eigenvalue weighted by Crippen LogP contribution is 2.22. The molecule has 2 rings (SSSR count). The van der Waals surface area contributed by atoms with Gasteiger partial charge >= 0.3 is 0 Å². The number of non-ortho nitro benzene ring substituents is 1. The van der Waals surface area contributed by atoms with E-state index >= 15 is 0 Å². The fourth-order valence-corrected chi connectivity index (χ4v) is 1.70. The first-order valence-electron chi connectivity index (χ1n) is 3.31. The van der Waals surface area contributed by atoms with Crippen molar-refractivity contribution in [3.63, 3.8) is 0 Å². The predicted octanol–water partition coefficient (Wildman–Crippen LogP) is 2.61. The Hall–Kier alpha value is -1.42. The number of rotatable bonds is 1. The van der Waals surface area contributed by atoms with E-state index in [0.717, 1.165) is 10.8 Å². The second-order valence-corrected chi connectivity index (χ2v) is 3.04. The summed E-state index contributed by atoms with van der Waals surface area (Å²) in [6.45, 7) is 0. The highest BCUT2D eigenvalue weighted by atomic mass is 32.1. The molecule has 0 bridgehead atoms. The zero-order valence-electron chi connectivity index (χ0n) is 5.98. The molecule has 0 fully saturated rings. The lowest BCUT2D eigenvalue weighted by Crippen LogP contribution is -1.85. The van der Waals surface area contributed by atoms with Crippen LogP contribution in [0.2, 0.25) is 0 Å². The Morgan fingerprint density at radius 3 is 3.08 bits per heavy atom. The molecule has 12 heavy (non-hydrogen) atoms. The largest absolute Gasteiger partial charge is 0.270 e. The third-order valence-corrected chi connectivity index (χ3v) is 2.31. The Kier molecular flexibility index (Phi) is 1.55. The van der Waals surface area contributed by atoms with Crippen molar-refractivity contribution in [2.45, 2.75) is 0 Å².